The predicted molar refractivity (Wildman–Crippen MR) is 127 cm³/mol. The van der Waals surface area contributed by atoms with Crippen LogP contribution in [0.1, 0.15) is 28.5 Å². The molecule has 10 heteroatoms. The zero-order valence-corrected chi connectivity index (χ0v) is 19.1. The molecule has 1 aliphatic heterocycles. The summed E-state index contributed by atoms with van der Waals surface area (Å²) < 4.78 is 15.7. The van der Waals surface area contributed by atoms with Gasteiger partial charge in [0, 0.05) is 23.0 Å². The van der Waals surface area contributed by atoms with Gasteiger partial charge in [-0.2, -0.15) is 5.10 Å². The summed E-state index contributed by atoms with van der Waals surface area (Å²) in [6, 6.07) is 15.0. The Bertz CT molecular complexity index is 1690. The van der Waals surface area contributed by atoms with Crippen LogP contribution in [0.15, 0.2) is 77.9 Å². The van der Waals surface area contributed by atoms with Crippen LogP contribution in [0.4, 0.5) is 0 Å². The maximum atomic E-state index is 6.39. The number of hydrogen-bond donors (Lipinski definition) is 0. The topological polar surface area (TPSA) is 96.2 Å². The molecule has 0 bridgehead atoms. The minimum Gasteiger partial charge on any atom is -0.468 e. The van der Waals surface area contributed by atoms with E-state index in [4.69, 9.17) is 30.8 Å². The molecule has 7 rings (SSSR count). The third kappa shape index (κ3) is 3.05. The minimum atomic E-state index is -0.338. The molecular weight excluding hydrogens is 466 g/mol. The molecule has 6 aromatic rings. The molecule has 0 fully saturated rings. The lowest BCUT2D eigenvalue weighted by molar-refractivity contribution is 0.392. The quantitative estimate of drug-likeness (QED) is 0.341. The van der Waals surface area contributed by atoms with Gasteiger partial charge < -0.3 is 9.15 Å². The third-order valence-electron chi connectivity index (χ3n) is 6.06. The summed E-state index contributed by atoms with van der Waals surface area (Å²) in [6.07, 6.45) is 6.68. The standard InChI is InChI=1S/C25H16ClN7O2/c1-14-19-20(18-3-2-12-34-18)21-23-29-22(15-8-10-27-11-9-15)31-32(23)13-28-24(21)35-25(19)33(30-14)17-6-4-16(26)5-7-17/h2-13,20H,1H3/t20-/m0/s1. The molecule has 6 heterocycles. The Labute approximate surface area is 203 Å². The summed E-state index contributed by atoms with van der Waals surface area (Å²) in [5, 5.41) is 10.1. The molecule has 170 valence electrons. The zero-order valence-electron chi connectivity index (χ0n) is 18.3. The maximum absolute atomic E-state index is 6.39. The van der Waals surface area contributed by atoms with Crippen molar-refractivity contribution < 1.29 is 9.15 Å². The molecule has 1 aliphatic rings. The number of furan rings is 1. The first-order chi connectivity index (χ1) is 17.2. The van der Waals surface area contributed by atoms with E-state index in [1.807, 2.05) is 55.5 Å². The van der Waals surface area contributed by atoms with Gasteiger partial charge in [0.05, 0.1) is 34.7 Å². The monoisotopic (exact) mass is 481 g/mol. The van der Waals surface area contributed by atoms with E-state index in [0.717, 1.165) is 33.8 Å². The van der Waals surface area contributed by atoms with Gasteiger partial charge in [-0.25, -0.2) is 19.2 Å². The molecule has 0 saturated heterocycles. The average Bonchev–Trinajstić information content (AvgIpc) is 3.63. The third-order valence-corrected chi connectivity index (χ3v) is 6.31. The van der Waals surface area contributed by atoms with E-state index in [9.17, 15) is 0 Å². The summed E-state index contributed by atoms with van der Waals surface area (Å²) in [7, 11) is 0. The second-order valence-corrected chi connectivity index (χ2v) is 8.58. The van der Waals surface area contributed by atoms with Crippen LogP contribution in [-0.2, 0) is 0 Å². The Morgan fingerprint density at radius 3 is 2.57 bits per heavy atom. The number of halogens is 1. The fourth-order valence-corrected chi connectivity index (χ4v) is 4.62. The van der Waals surface area contributed by atoms with E-state index in [2.05, 4.69) is 15.1 Å². The summed E-state index contributed by atoms with van der Waals surface area (Å²) >= 11 is 6.11. The molecule has 1 atom stereocenters. The molecule has 0 aliphatic carbocycles. The fraction of sp³-hybridized carbons (Fsp3) is 0.0800. The lowest BCUT2D eigenvalue weighted by atomic mass is 9.88. The first kappa shape index (κ1) is 19.9. The molecule has 0 radical (unpaired) electrons. The van der Waals surface area contributed by atoms with Crippen molar-refractivity contribution in [2.45, 2.75) is 12.8 Å². The van der Waals surface area contributed by atoms with E-state index >= 15 is 0 Å². The summed E-state index contributed by atoms with van der Waals surface area (Å²) in [6.45, 7) is 1.95. The number of benzene rings is 1. The Hall–Kier alpha value is -4.50. The van der Waals surface area contributed by atoms with Gasteiger partial charge in [0.15, 0.2) is 11.5 Å². The van der Waals surface area contributed by atoms with Gasteiger partial charge in [0.1, 0.15) is 12.1 Å². The number of pyridine rings is 1. The minimum absolute atomic E-state index is 0.338. The highest BCUT2D eigenvalue weighted by atomic mass is 35.5. The highest BCUT2D eigenvalue weighted by molar-refractivity contribution is 6.30. The molecule has 0 amide bonds. The number of hydrogen-bond acceptors (Lipinski definition) is 7. The predicted octanol–water partition coefficient (Wildman–Crippen LogP) is 5.21. The van der Waals surface area contributed by atoms with E-state index in [0.29, 0.717) is 28.3 Å². The van der Waals surface area contributed by atoms with Crippen LogP contribution < -0.4 is 4.74 Å². The van der Waals surface area contributed by atoms with Crippen LogP contribution in [0.2, 0.25) is 5.02 Å². The van der Waals surface area contributed by atoms with Crippen LogP contribution in [0.5, 0.6) is 11.8 Å². The smallest absolute Gasteiger partial charge is 0.230 e. The second kappa shape index (κ2) is 7.51. The van der Waals surface area contributed by atoms with Crippen LogP contribution in [-0.4, -0.2) is 34.3 Å². The van der Waals surface area contributed by atoms with E-state index in [1.165, 1.54) is 0 Å². The number of aryl methyl sites for hydroxylation is 1. The lowest BCUT2D eigenvalue weighted by Gasteiger charge is -2.24. The highest BCUT2D eigenvalue weighted by Crippen LogP contribution is 2.49. The van der Waals surface area contributed by atoms with Gasteiger partial charge in [-0.15, -0.1) is 5.10 Å². The van der Waals surface area contributed by atoms with Crippen molar-refractivity contribution >= 4 is 17.2 Å². The molecule has 1 aromatic carbocycles. The summed E-state index contributed by atoms with van der Waals surface area (Å²) in [5.41, 5.74) is 4.76. The summed E-state index contributed by atoms with van der Waals surface area (Å²) in [5.74, 6) is 1.97. The molecule has 5 aromatic heterocycles. The molecule has 0 spiro atoms. The molecule has 0 unspecified atom stereocenters. The zero-order chi connectivity index (χ0) is 23.5. The van der Waals surface area contributed by atoms with Gasteiger partial charge in [0.2, 0.25) is 11.8 Å². The average molecular weight is 482 g/mol. The molecule has 9 nitrogen and oxygen atoms in total. The van der Waals surface area contributed by atoms with Crippen molar-refractivity contribution in [1.82, 2.24) is 34.3 Å². The molecule has 35 heavy (non-hydrogen) atoms. The molecule has 0 N–H and O–H groups in total. The fourth-order valence-electron chi connectivity index (χ4n) is 4.50. The Morgan fingerprint density at radius 2 is 1.80 bits per heavy atom. The number of rotatable bonds is 3. The van der Waals surface area contributed by atoms with Gasteiger partial charge in [-0.1, -0.05) is 11.6 Å². The van der Waals surface area contributed by atoms with Crippen molar-refractivity contribution in [3.63, 3.8) is 0 Å². The van der Waals surface area contributed by atoms with Crippen molar-refractivity contribution in [3.05, 3.63) is 101 Å². The van der Waals surface area contributed by atoms with E-state index in [1.54, 1.807) is 34.2 Å². The van der Waals surface area contributed by atoms with Crippen molar-refractivity contribution in [2.24, 2.45) is 0 Å². The van der Waals surface area contributed by atoms with Crippen LogP contribution in [0.25, 0.3) is 22.7 Å². The number of nitrogens with zero attached hydrogens (tertiary/aromatic N) is 7. The van der Waals surface area contributed by atoms with Crippen molar-refractivity contribution in [1.29, 1.82) is 0 Å². The van der Waals surface area contributed by atoms with Gasteiger partial charge >= 0.3 is 0 Å². The number of ether oxygens (including phenoxy) is 1. The summed E-state index contributed by atoms with van der Waals surface area (Å²) in [4.78, 5) is 13.5. The first-order valence-corrected chi connectivity index (χ1v) is 11.3. The number of fused-ring (bicyclic) bond motifs is 4. The largest absolute Gasteiger partial charge is 0.468 e. The van der Waals surface area contributed by atoms with Gasteiger partial charge in [-0.3, -0.25) is 4.98 Å². The van der Waals surface area contributed by atoms with Crippen LogP contribution >= 0.6 is 11.6 Å². The van der Waals surface area contributed by atoms with Gasteiger partial charge in [-0.05, 0) is 55.5 Å². The van der Waals surface area contributed by atoms with Gasteiger partial charge in [0.25, 0.3) is 0 Å². The number of aromatic nitrogens is 7. The van der Waals surface area contributed by atoms with Crippen LogP contribution in [0.3, 0.4) is 0 Å². The van der Waals surface area contributed by atoms with Crippen molar-refractivity contribution in [2.75, 3.05) is 0 Å². The molecular formula is C25H16ClN7O2. The first-order valence-electron chi connectivity index (χ1n) is 10.9. The van der Waals surface area contributed by atoms with Crippen LogP contribution in [0, 0.1) is 6.92 Å². The Balaban J connectivity index is 1.47. The van der Waals surface area contributed by atoms with E-state index in [-0.39, 0.29) is 5.92 Å². The Kier molecular flexibility index (Phi) is 4.27. The SMILES string of the molecule is Cc1nn(-c2ccc(Cl)cc2)c2c1[C@H](c1ccco1)c1c(ncn3nc(-c4ccncc4)nc13)O2. The normalized spacial score (nSPS) is 14.5. The maximum Gasteiger partial charge on any atom is 0.230 e. The lowest BCUT2D eigenvalue weighted by Crippen LogP contribution is -2.15. The second-order valence-electron chi connectivity index (χ2n) is 8.15. The Morgan fingerprint density at radius 1 is 0.971 bits per heavy atom. The van der Waals surface area contributed by atoms with E-state index < -0.39 is 0 Å². The van der Waals surface area contributed by atoms with Crippen molar-refractivity contribution in [3.8, 4) is 28.8 Å². The highest BCUT2D eigenvalue weighted by Gasteiger charge is 2.39. The molecule has 0 saturated carbocycles.